The van der Waals surface area contributed by atoms with Gasteiger partial charge in [0.2, 0.25) is 15.8 Å². The van der Waals surface area contributed by atoms with Gasteiger partial charge in [-0.25, -0.2) is 22.7 Å². The van der Waals surface area contributed by atoms with Crippen LogP contribution in [-0.4, -0.2) is 41.2 Å². The van der Waals surface area contributed by atoms with Crippen molar-refractivity contribution in [2.24, 2.45) is 0 Å². The van der Waals surface area contributed by atoms with Crippen LogP contribution < -0.4 is 0 Å². The van der Waals surface area contributed by atoms with Crippen LogP contribution in [0.5, 0.6) is 0 Å². The third kappa shape index (κ3) is 3.05. The van der Waals surface area contributed by atoms with E-state index >= 15 is 0 Å². The zero-order valence-electron chi connectivity index (χ0n) is 15.1. The van der Waals surface area contributed by atoms with Crippen LogP contribution in [0.3, 0.4) is 0 Å². The predicted octanol–water partition coefficient (Wildman–Crippen LogP) is 2.94. The van der Waals surface area contributed by atoms with Gasteiger partial charge in [-0.05, 0) is 18.2 Å². The highest BCUT2D eigenvalue weighted by Crippen LogP contribution is 2.33. The van der Waals surface area contributed by atoms with Crippen LogP contribution in [0.2, 0.25) is 0 Å². The molecular weight excluding hydrogens is 336 g/mol. The van der Waals surface area contributed by atoms with Crippen LogP contribution >= 0.6 is 0 Å². The summed E-state index contributed by atoms with van der Waals surface area (Å²) in [5.74, 6) is 0.632. The largest absolute Gasteiger partial charge is 0.283 e. The third-order valence-electron chi connectivity index (χ3n) is 4.02. The molecule has 0 aliphatic heterocycles. The number of rotatable bonds is 3. The molecule has 2 aromatic heterocycles. The molecule has 3 rings (SSSR count). The van der Waals surface area contributed by atoms with Gasteiger partial charge in [0.05, 0.1) is 16.3 Å². The van der Waals surface area contributed by atoms with E-state index in [1.54, 1.807) is 18.3 Å². The van der Waals surface area contributed by atoms with Crippen molar-refractivity contribution in [1.82, 2.24) is 18.7 Å². The molecule has 0 fully saturated rings. The zero-order valence-corrected chi connectivity index (χ0v) is 15.9. The zero-order chi connectivity index (χ0) is 18.4. The number of aromatic nitrogens is 3. The van der Waals surface area contributed by atoms with Crippen LogP contribution in [0, 0.1) is 0 Å². The van der Waals surface area contributed by atoms with Crippen LogP contribution in [-0.2, 0) is 15.4 Å². The molecule has 0 aliphatic carbocycles. The Hall–Kier alpha value is -2.25. The van der Waals surface area contributed by atoms with E-state index in [2.05, 4.69) is 30.7 Å². The van der Waals surface area contributed by atoms with Crippen molar-refractivity contribution in [3.05, 3.63) is 48.4 Å². The molecule has 0 bridgehead atoms. The number of nitrogens with zero attached hydrogens (tertiary/aromatic N) is 4. The van der Waals surface area contributed by atoms with Crippen LogP contribution in [0.1, 0.15) is 26.5 Å². The molecule has 0 aliphatic rings. The average molecular weight is 358 g/mol. The van der Waals surface area contributed by atoms with E-state index in [-0.39, 0.29) is 10.3 Å². The van der Waals surface area contributed by atoms with E-state index in [1.165, 1.54) is 18.4 Å². The molecule has 0 amide bonds. The van der Waals surface area contributed by atoms with Crippen molar-refractivity contribution in [2.45, 2.75) is 31.1 Å². The molecule has 6 nitrogen and oxygen atoms in total. The summed E-state index contributed by atoms with van der Waals surface area (Å²) in [6.07, 6.45) is 3.63. The van der Waals surface area contributed by atoms with E-state index in [0.717, 1.165) is 17.0 Å². The normalized spacial score (nSPS) is 12.9. The van der Waals surface area contributed by atoms with E-state index in [4.69, 9.17) is 0 Å². The van der Waals surface area contributed by atoms with E-state index < -0.39 is 10.0 Å². The minimum absolute atomic E-state index is 0.169. The number of benzene rings is 1. The highest BCUT2D eigenvalue weighted by Gasteiger charge is 2.25. The monoisotopic (exact) mass is 358 g/mol. The Bertz CT molecular complexity index is 1010. The van der Waals surface area contributed by atoms with Crippen molar-refractivity contribution >= 4 is 15.8 Å². The lowest BCUT2D eigenvalue weighted by Crippen LogP contribution is -2.22. The second-order valence-corrected chi connectivity index (χ2v) is 9.31. The lowest BCUT2D eigenvalue weighted by molar-refractivity contribution is 0.521. The smallest absolute Gasteiger partial charge is 0.242 e. The first kappa shape index (κ1) is 17.6. The highest BCUT2D eigenvalue weighted by molar-refractivity contribution is 7.89. The summed E-state index contributed by atoms with van der Waals surface area (Å²) in [5.41, 5.74) is 2.60. The Morgan fingerprint density at radius 3 is 2.28 bits per heavy atom. The fraction of sp³-hybridized carbons (Fsp3) is 0.333. The Kier molecular flexibility index (Phi) is 4.17. The molecule has 132 valence electrons. The summed E-state index contributed by atoms with van der Waals surface area (Å²) in [7, 11) is -0.395. The Labute approximate surface area is 148 Å². The lowest BCUT2D eigenvalue weighted by atomic mass is 9.89. The van der Waals surface area contributed by atoms with Gasteiger partial charge in [0.25, 0.3) is 0 Å². The fourth-order valence-corrected chi connectivity index (χ4v) is 3.58. The quantitative estimate of drug-likeness (QED) is 0.722. The van der Waals surface area contributed by atoms with Crippen molar-refractivity contribution < 1.29 is 8.42 Å². The molecular formula is C18H22N4O2S. The van der Waals surface area contributed by atoms with Gasteiger partial charge >= 0.3 is 0 Å². The van der Waals surface area contributed by atoms with Crippen molar-refractivity contribution in [3.8, 4) is 11.3 Å². The molecule has 0 unspecified atom stereocenters. The van der Waals surface area contributed by atoms with Crippen molar-refractivity contribution in [1.29, 1.82) is 0 Å². The predicted molar refractivity (Wildman–Crippen MR) is 98.0 cm³/mol. The van der Waals surface area contributed by atoms with Crippen molar-refractivity contribution in [3.63, 3.8) is 0 Å². The van der Waals surface area contributed by atoms with Gasteiger partial charge in [-0.15, -0.1) is 0 Å². The summed E-state index contributed by atoms with van der Waals surface area (Å²) in [5, 5.41) is 0. The molecule has 0 radical (unpaired) electrons. The number of hydrogen-bond acceptors (Lipinski definition) is 4. The second kappa shape index (κ2) is 5.93. The van der Waals surface area contributed by atoms with Crippen molar-refractivity contribution in [2.75, 3.05) is 14.1 Å². The molecule has 0 spiro atoms. The molecule has 7 heteroatoms. The summed E-state index contributed by atoms with van der Waals surface area (Å²) < 4.78 is 27.7. The van der Waals surface area contributed by atoms with Gasteiger partial charge in [0.1, 0.15) is 0 Å². The number of fused-ring (bicyclic) bond motifs is 1. The molecule has 25 heavy (non-hydrogen) atoms. The first-order valence-corrected chi connectivity index (χ1v) is 9.43. The summed E-state index contributed by atoms with van der Waals surface area (Å²) in [4.78, 5) is 9.28. The molecule has 0 saturated heterocycles. The summed E-state index contributed by atoms with van der Waals surface area (Å²) >= 11 is 0. The van der Waals surface area contributed by atoms with Gasteiger partial charge in [-0.1, -0.05) is 32.9 Å². The lowest BCUT2D eigenvalue weighted by Gasteiger charge is -2.18. The highest BCUT2D eigenvalue weighted by atomic mass is 32.2. The van der Waals surface area contributed by atoms with Crippen LogP contribution in [0.15, 0.2) is 47.6 Å². The average Bonchev–Trinajstić information content (AvgIpc) is 2.94. The molecule has 0 N–H and O–H groups in total. The summed E-state index contributed by atoms with van der Waals surface area (Å²) in [6.45, 7) is 6.30. The number of hydrogen-bond donors (Lipinski definition) is 0. The Balaban J connectivity index is 2.20. The van der Waals surface area contributed by atoms with Crippen LogP contribution in [0.25, 0.3) is 17.0 Å². The van der Waals surface area contributed by atoms with Gasteiger partial charge in [-0.2, -0.15) is 0 Å². The maximum Gasteiger partial charge on any atom is 0.242 e. The van der Waals surface area contributed by atoms with E-state index in [0.29, 0.717) is 5.78 Å². The van der Waals surface area contributed by atoms with Crippen LogP contribution in [0.4, 0.5) is 0 Å². The van der Waals surface area contributed by atoms with Gasteiger partial charge in [-0.3, -0.25) is 4.40 Å². The molecule has 0 saturated carbocycles. The Morgan fingerprint density at radius 1 is 1.08 bits per heavy atom. The molecule has 2 heterocycles. The maximum absolute atomic E-state index is 12.3. The van der Waals surface area contributed by atoms with E-state index in [9.17, 15) is 8.42 Å². The van der Waals surface area contributed by atoms with Gasteiger partial charge < -0.3 is 0 Å². The standard InChI is InChI=1S/C18H22N4O2S/c1-18(2,3)16-15(22-12-6-11-19-17(22)20-16)13-7-9-14(10-8-13)25(23,24)21(4)5/h6-12H,1-5H3. The topological polar surface area (TPSA) is 67.6 Å². The molecule has 0 atom stereocenters. The second-order valence-electron chi connectivity index (χ2n) is 7.16. The Morgan fingerprint density at radius 2 is 1.72 bits per heavy atom. The number of imidazole rings is 1. The SMILES string of the molecule is CN(C)S(=O)(=O)c1ccc(-c2c(C(C)(C)C)nc3ncccn23)cc1. The minimum Gasteiger partial charge on any atom is -0.283 e. The first-order chi connectivity index (χ1) is 11.6. The minimum atomic E-state index is -3.44. The fourth-order valence-electron chi connectivity index (χ4n) is 2.68. The first-order valence-electron chi connectivity index (χ1n) is 7.99. The van der Waals surface area contributed by atoms with Gasteiger partial charge in [0, 0.05) is 37.5 Å². The maximum atomic E-state index is 12.3. The molecule has 3 aromatic rings. The summed E-state index contributed by atoms with van der Waals surface area (Å²) in [6, 6.07) is 8.76. The van der Waals surface area contributed by atoms with Gasteiger partial charge in [0.15, 0.2) is 0 Å². The molecule has 1 aromatic carbocycles. The number of sulfonamides is 1. The van der Waals surface area contributed by atoms with E-state index in [1.807, 2.05) is 28.8 Å². The third-order valence-corrected chi connectivity index (χ3v) is 5.85.